The van der Waals surface area contributed by atoms with Crippen LogP contribution >= 0.6 is 0 Å². The maximum absolute atomic E-state index is 12.7. The molecule has 1 N–H and O–H groups in total. The zero-order chi connectivity index (χ0) is 21.1. The van der Waals surface area contributed by atoms with Crippen LogP contribution in [0.3, 0.4) is 0 Å². The molecule has 4 aromatic rings. The second-order valence-corrected chi connectivity index (χ2v) is 7.33. The molecule has 0 aliphatic heterocycles. The van der Waals surface area contributed by atoms with Crippen molar-refractivity contribution in [1.82, 2.24) is 20.0 Å². The third-order valence-electron chi connectivity index (χ3n) is 4.96. The predicted molar refractivity (Wildman–Crippen MR) is 114 cm³/mol. The summed E-state index contributed by atoms with van der Waals surface area (Å²) in [5.41, 5.74) is 4.85. The quantitative estimate of drug-likeness (QED) is 0.534. The van der Waals surface area contributed by atoms with Gasteiger partial charge in [0.15, 0.2) is 0 Å². The Kier molecular flexibility index (Phi) is 5.43. The van der Waals surface area contributed by atoms with E-state index in [2.05, 4.69) is 15.5 Å². The zero-order valence-corrected chi connectivity index (χ0v) is 16.9. The zero-order valence-electron chi connectivity index (χ0n) is 16.9. The second-order valence-electron chi connectivity index (χ2n) is 7.33. The maximum atomic E-state index is 12.7. The summed E-state index contributed by atoms with van der Waals surface area (Å²) >= 11 is 0. The number of aromatic nitrogens is 3. The topological polar surface area (TPSA) is 90.0 Å². The molecule has 0 unspecified atom stereocenters. The number of carbonyl (C=O) groups excluding carboxylic acids is 1. The fraction of sp³-hybridized carbons (Fsp3) is 0.217. The van der Waals surface area contributed by atoms with E-state index >= 15 is 0 Å². The van der Waals surface area contributed by atoms with Gasteiger partial charge in [0.05, 0.1) is 6.33 Å². The second kappa shape index (κ2) is 8.32. The molecule has 0 saturated heterocycles. The summed E-state index contributed by atoms with van der Waals surface area (Å²) in [6, 6.07) is 15.7. The van der Waals surface area contributed by atoms with Crippen LogP contribution in [0, 0.1) is 13.8 Å². The molecule has 2 aromatic carbocycles. The van der Waals surface area contributed by atoms with E-state index < -0.39 is 0 Å². The van der Waals surface area contributed by atoms with Crippen LogP contribution in [0.25, 0.3) is 22.4 Å². The summed E-state index contributed by atoms with van der Waals surface area (Å²) in [6.07, 6.45) is 1.60. The van der Waals surface area contributed by atoms with E-state index in [4.69, 9.17) is 4.52 Å². The Morgan fingerprint density at radius 1 is 1.03 bits per heavy atom. The summed E-state index contributed by atoms with van der Waals surface area (Å²) in [6.45, 7) is 4.68. The number of amides is 1. The fourth-order valence-electron chi connectivity index (χ4n) is 3.13. The Hall–Kier alpha value is -3.74. The van der Waals surface area contributed by atoms with Gasteiger partial charge in [-0.3, -0.25) is 14.2 Å². The molecule has 0 aliphatic carbocycles. The first-order chi connectivity index (χ1) is 14.5. The molecule has 7 heteroatoms. The van der Waals surface area contributed by atoms with E-state index in [1.165, 1.54) is 16.5 Å². The molecule has 152 valence electrons. The molecular formula is C23H22N4O3. The highest BCUT2D eigenvalue weighted by atomic mass is 16.5. The third-order valence-corrected chi connectivity index (χ3v) is 4.96. The molecule has 0 aliphatic rings. The van der Waals surface area contributed by atoms with Gasteiger partial charge in [-0.1, -0.05) is 64.8 Å². The Morgan fingerprint density at radius 3 is 2.40 bits per heavy atom. The number of carbonyl (C=O) groups is 1. The van der Waals surface area contributed by atoms with Crippen molar-refractivity contribution >= 4 is 17.0 Å². The van der Waals surface area contributed by atoms with Crippen molar-refractivity contribution in [2.24, 2.45) is 0 Å². The molecule has 30 heavy (non-hydrogen) atoms. The number of rotatable bonds is 6. The summed E-state index contributed by atoms with van der Waals surface area (Å²) < 4.78 is 6.65. The van der Waals surface area contributed by atoms with Gasteiger partial charge in [-0.2, -0.15) is 0 Å². The van der Waals surface area contributed by atoms with Crippen LogP contribution in [0.5, 0.6) is 0 Å². The van der Waals surface area contributed by atoms with Gasteiger partial charge in [0, 0.05) is 25.1 Å². The van der Waals surface area contributed by atoms with Gasteiger partial charge in [-0.15, -0.1) is 0 Å². The molecule has 0 radical (unpaired) electrons. The first-order valence-corrected chi connectivity index (χ1v) is 9.75. The Labute approximate surface area is 173 Å². The van der Waals surface area contributed by atoms with Gasteiger partial charge in [0.1, 0.15) is 11.2 Å². The van der Waals surface area contributed by atoms with E-state index in [0.717, 1.165) is 16.7 Å². The first-order valence-electron chi connectivity index (χ1n) is 9.75. The number of nitrogens with zero attached hydrogens (tertiary/aromatic N) is 3. The summed E-state index contributed by atoms with van der Waals surface area (Å²) in [7, 11) is 0. The molecular weight excluding hydrogens is 380 g/mol. The first kappa shape index (κ1) is 19.6. The Morgan fingerprint density at radius 2 is 1.70 bits per heavy atom. The maximum Gasteiger partial charge on any atom is 0.299 e. The van der Waals surface area contributed by atoms with E-state index in [-0.39, 0.29) is 30.0 Å². The SMILES string of the molecule is Cc1ccc(CNC(=O)CCn2cnc3c(-c4ccc(C)cc4)noc3c2=O)cc1. The van der Waals surface area contributed by atoms with E-state index in [1.54, 1.807) is 0 Å². The van der Waals surface area contributed by atoms with Gasteiger partial charge in [-0.05, 0) is 19.4 Å². The number of hydrogen-bond acceptors (Lipinski definition) is 5. The van der Waals surface area contributed by atoms with Crippen LogP contribution in [0.15, 0.2) is 64.2 Å². The van der Waals surface area contributed by atoms with Crippen LogP contribution in [0.1, 0.15) is 23.1 Å². The lowest BCUT2D eigenvalue weighted by Crippen LogP contribution is -2.27. The molecule has 2 heterocycles. The number of benzene rings is 2. The third kappa shape index (κ3) is 4.15. The van der Waals surface area contributed by atoms with Crippen molar-refractivity contribution in [2.45, 2.75) is 33.4 Å². The number of hydrogen-bond donors (Lipinski definition) is 1. The molecule has 7 nitrogen and oxygen atoms in total. The van der Waals surface area contributed by atoms with Crippen molar-refractivity contribution in [3.63, 3.8) is 0 Å². The van der Waals surface area contributed by atoms with Crippen LogP contribution in [0.2, 0.25) is 0 Å². The lowest BCUT2D eigenvalue weighted by molar-refractivity contribution is -0.121. The highest BCUT2D eigenvalue weighted by Gasteiger charge is 2.16. The van der Waals surface area contributed by atoms with Gasteiger partial charge in [-0.25, -0.2) is 4.98 Å². The van der Waals surface area contributed by atoms with Crippen molar-refractivity contribution in [3.8, 4) is 11.3 Å². The monoisotopic (exact) mass is 402 g/mol. The molecule has 1 amide bonds. The van der Waals surface area contributed by atoms with E-state index in [9.17, 15) is 9.59 Å². The highest BCUT2D eigenvalue weighted by molar-refractivity contribution is 5.87. The molecule has 2 aromatic heterocycles. The Bertz CT molecular complexity index is 1240. The minimum Gasteiger partial charge on any atom is -0.352 e. The van der Waals surface area contributed by atoms with Gasteiger partial charge in [0.2, 0.25) is 5.91 Å². The summed E-state index contributed by atoms with van der Waals surface area (Å²) in [5, 5.41) is 6.90. The lowest BCUT2D eigenvalue weighted by Gasteiger charge is -2.07. The average molecular weight is 402 g/mol. The van der Waals surface area contributed by atoms with E-state index in [1.807, 2.05) is 62.4 Å². The lowest BCUT2D eigenvalue weighted by atomic mass is 10.1. The fourth-order valence-corrected chi connectivity index (χ4v) is 3.13. The van der Waals surface area contributed by atoms with Crippen LogP contribution in [-0.2, 0) is 17.9 Å². The molecule has 0 atom stereocenters. The van der Waals surface area contributed by atoms with Crippen molar-refractivity contribution in [1.29, 1.82) is 0 Å². The summed E-state index contributed by atoms with van der Waals surface area (Å²) in [4.78, 5) is 29.2. The van der Waals surface area contributed by atoms with Crippen molar-refractivity contribution in [3.05, 3.63) is 81.9 Å². The van der Waals surface area contributed by atoms with Crippen LogP contribution < -0.4 is 10.9 Å². The minimum absolute atomic E-state index is 0.0909. The molecule has 0 bridgehead atoms. The normalized spacial score (nSPS) is 11.0. The number of nitrogens with one attached hydrogen (secondary N) is 1. The van der Waals surface area contributed by atoms with Crippen LogP contribution in [0.4, 0.5) is 0 Å². The molecule has 4 rings (SSSR count). The number of aryl methyl sites for hydroxylation is 3. The van der Waals surface area contributed by atoms with Crippen molar-refractivity contribution in [2.75, 3.05) is 0 Å². The molecule has 0 saturated carbocycles. The van der Waals surface area contributed by atoms with E-state index in [0.29, 0.717) is 17.8 Å². The standard InChI is InChI=1S/C23H22N4O3/c1-15-3-7-17(8-4-15)13-24-19(28)11-12-27-14-25-21-20(26-30-22(21)23(27)29)18-9-5-16(2)6-10-18/h3-10,14H,11-13H2,1-2H3,(H,24,28). The minimum atomic E-state index is -0.350. The predicted octanol–water partition coefficient (Wildman–Crippen LogP) is 3.37. The highest BCUT2D eigenvalue weighted by Crippen LogP contribution is 2.24. The largest absolute Gasteiger partial charge is 0.352 e. The average Bonchev–Trinajstić information content (AvgIpc) is 3.18. The molecule has 0 fully saturated rings. The number of fused-ring (bicyclic) bond motifs is 1. The van der Waals surface area contributed by atoms with Gasteiger partial charge >= 0.3 is 0 Å². The van der Waals surface area contributed by atoms with Crippen molar-refractivity contribution < 1.29 is 9.32 Å². The molecule has 0 spiro atoms. The smallest absolute Gasteiger partial charge is 0.299 e. The van der Waals surface area contributed by atoms with Gasteiger partial charge in [0.25, 0.3) is 11.1 Å². The van der Waals surface area contributed by atoms with Crippen LogP contribution in [-0.4, -0.2) is 20.6 Å². The van der Waals surface area contributed by atoms with Gasteiger partial charge < -0.3 is 9.84 Å². The summed E-state index contributed by atoms with van der Waals surface area (Å²) in [5.74, 6) is -0.138. The Balaban J connectivity index is 1.44.